The van der Waals surface area contributed by atoms with Gasteiger partial charge in [0.25, 0.3) is 0 Å². The molecule has 0 aromatic rings. The molecule has 5 heteroatoms. The Bertz CT molecular complexity index is 584. The van der Waals surface area contributed by atoms with Crippen molar-refractivity contribution < 1.29 is 51.0 Å². The second kappa shape index (κ2) is 11.4. The van der Waals surface area contributed by atoms with E-state index in [0.717, 1.165) is 0 Å². The summed E-state index contributed by atoms with van der Waals surface area (Å²) in [4.78, 5) is 6.08. The van der Waals surface area contributed by atoms with Crippen molar-refractivity contribution in [3.63, 3.8) is 0 Å². The first-order valence-electron chi connectivity index (χ1n) is 8.10. The normalized spacial score (nSPS) is 24.1. The number of hydrogen-bond acceptors (Lipinski definition) is 2. The number of rotatable bonds is 2. The van der Waals surface area contributed by atoms with Crippen molar-refractivity contribution in [2.24, 2.45) is 23.7 Å². The van der Waals surface area contributed by atoms with Crippen molar-refractivity contribution in [2.75, 3.05) is 0 Å². The first kappa shape index (κ1) is 25.6. The van der Waals surface area contributed by atoms with E-state index in [1.165, 1.54) is 19.6 Å². The Hall–Kier alpha value is 0.603. The van der Waals surface area contributed by atoms with Gasteiger partial charge in [0, 0.05) is 21.6 Å². The number of thioether (sulfide) groups is 2. The summed E-state index contributed by atoms with van der Waals surface area (Å²) in [6.45, 7) is 9.02. The van der Waals surface area contributed by atoms with Crippen LogP contribution in [-0.2, 0) is 26.2 Å². The van der Waals surface area contributed by atoms with E-state index in [1.807, 2.05) is 23.5 Å². The zero-order chi connectivity index (χ0) is 15.7. The van der Waals surface area contributed by atoms with Gasteiger partial charge in [-0.15, -0.1) is 0 Å². The Labute approximate surface area is 192 Å². The van der Waals surface area contributed by atoms with Gasteiger partial charge in [-0.3, -0.25) is 0 Å². The molecule has 0 spiro atoms. The molecule has 0 aromatic carbocycles. The molecule has 4 aliphatic rings. The van der Waals surface area contributed by atoms with Crippen molar-refractivity contribution in [1.29, 1.82) is 0 Å². The topological polar surface area (TPSA) is 0 Å². The zero-order valence-electron chi connectivity index (χ0n) is 15.0. The van der Waals surface area contributed by atoms with Crippen LogP contribution in [0.25, 0.3) is 0 Å². The fourth-order valence-electron chi connectivity index (χ4n) is 2.75. The largest absolute Gasteiger partial charge is 2.00 e. The number of fused-ring (bicyclic) bond motifs is 2. The average molecular weight is 491 g/mol. The molecule has 134 valence electrons. The van der Waals surface area contributed by atoms with Crippen LogP contribution in [0, 0.1) is 23.7 Å². The van der Waals surface area contributed by atoms with Gasteiger partial charge in [-0.05, 0) is 21.6 Å². The van der Waals surface area contributed by atoms with Crippen molar-refractivity contribution in [2.45, 2.75) is 27.7 Å². The summed E-state index contributed by atoms with van der Waals surface area (Å²) in [6.07, 6.45) is 18.0. The molecule has 0 nitrogen and oxygen atoms in total. The smallest absolute Gasteiger partial charge is 1.00 e. The van der Waals surface area contributed by atoms with Crippen LogP contribution in [0.2, 0.25) is 0 Å². The van der Waals surface area contributed by atoms with E-state index in [-0.39, 0.29) is 51.0 Å². The summed E-state index contributed by atoms with van der Waals surface area (Å²) in [6, 6.07) is 0. The van der Waals surface area contributed by atoms with Crippen LogP contribution in [0.4, 0.5) is 0 Å². The van der Waals surface area contributed by atoms with Crippen LogP contribution in [0.5, 0.6) is 0 Å². The van der Waals surface area contributed by atoms with Gasteiger partial charge in [0.05, 0.1) is 0 Å². The molecule has 2 unspecified atom stereocenters. The third-order valence-corrected chi connectivity index (χ3v) is 7.09. The molecule has 2 atom stereocenters. The quantitative estimate of drug-likeness (QED) is 0.559. The van der Waals surface area contributed by atoms with E-state index in [1.54, 1.807) is 0 Å². The zero-order valence-corrected chi connectivity index (χ0v) is 20.6. The molecule has 0 saturated heterocycles. The third kappa shape index (κ3) is 6.32. The predicted octanol–water partition coefficient (Wildman–Crippen LogP) is 0.692. The molecule has 0 aromatic heterocycles. The van der Waals surface area contributed by atoms with Crippen molar-refractivity contribution in [3.05, 3.63) is 68.2 Å². The number of allylic oxidation sites excluding steroid dienone is 12. The summed E-state index contributed by atoms with van der Waals surface area (Å²) in [5.41, 5.74) is 0. The van der Waals surface area contributed by atoms with Gasteiger partial charge in [0.2, 0.25) is 0 Å². The van der Waals surface area contributed by atoms with E-state index >= 15 is 0 Å². The minimum Gasteiger partial charge on any atom is -1.00 e. The maximum atomic E-state index is 2.38. The molecule has 25 heavy (non-hydrogen) atoms. The predicted molar refractivity (Wildman–Crippen MR) is 102 cm³/mol. The van der Waals surface area contributed by atoms with E-state index in [4.69, 9.17) is 0 Å². The van der Waals surface area contributed by atoms with Crippen LogP contribution >= 0.6 is 23.5 Å². The number of halogens is 2. The Morgan fingerprint density at radius 3 is 1.36 bits per heavy atom. The third-order valence-electron chi connectivity index (χ3n) is 4.11. The SMILES string of the molecule is CC(C)C1=CC2C=CC=C2S1.CC(C)C1=CC2C=CC=C2S1.[Cl-].[Cl-].[Zr+2]. The maximum Gasteiger partial charge on any atom is 2.00 e. The van der Waals surface area contributed by atoms with Crippen LogP contribution < -0.4 is 24.8 Å². The van der Waals surface area contributed by atoms with Crippen molar-refractivity contribution in [1.82, 2.24) is 0 Å². The molecular weight excluding hydrogens is 466 g/mol. The van der Waals surface area contributed by atoms with E-state index in [9.17, 15) is 0 Å². The molecule has 0 bridgehead atoms. The van der Waals surface area contributed by atoms with Crippen LogP contribution in [0.15, 0.2) is 68.2 Å². The van der Waals surface area contributed by atoms with Crippen LogP contribution in [0.3, 0.4) is 0 Å². The summed E-state index contributed by atoms with van der Waals surface area (Å²) in [5.74, 6) is 2.63. The Morgan fingerprint density at radius 2 is 1.08 bits per heavy atom. The minimum absolute atomic E-state index is 0. The van der Waals surface area contributed by atoms with Gasteiger partial charge < -0.3 is 24.8 Å². The van der Waals surface area contributed by atoms with E-state index < -0.39 is 0 Å². The van der Waals surface area contributed by atoms with E-state index in [2.05, 4.69) is 76.3 Å². The maximum absolute atomic E-state index is 2.38. The molecule has 2 aliphatic carbocycles. The van der Waals surface area contributed by atoms with Gasteiger partial charge >= 0.3 is 26.2 Å². The second-order valence-corrected chi connectivity index (χ2v) is 8.90. The summed E-state index contributed by atoms with van der Waals surface area (Å²) in [5, 5.41) is 0. The first-order chi connectivity index (χ1) is 10.5. The van der Waals surface area contributed by atoms with Gasteiger partial charge in [0.15, 0.2) is 0 Å². The second-order valence-electron chi connectivity index (χ2n) is 6.61. The van der Waals surface area contributed by atoms with Gasteiger partial charge in [0.1, 0.15) is 0 Å². The average Bonchev–Trinajstić information content (AvgIpc) is 3.18. The fourth-order valence-corrected chi connectivity index (χ4v) is 5.05. The molecule has 0 fully saturated rings. The Kier molecular flexibility index (Phi) is 11.7. The van der Waals surface area contributed by atoms with Gasteiger partial charge in [-0.2, -0.15) is 0 Å². The van der Waals surface area contributed by atoms with Crippen molar-refractivity contribution in [3.8, 4) is 0 Å². The van der Waals surface area contributed by atoms with Crippen LogP contribution in [-0.4, -0.2) is 0 Å². The summed E-state index contributed by atoms with van der Waals surface area (Å²) >= 11 is 3.90. The Morgan fingerprint density at radius 1 is 0.720 bits per heavy atom. The molecule has 0 N–H and O–H groups in total. The molecule has 2 heterocycles. The molecule has 0 saturated carbocycles. The molecule has 0 amide bonds. The van der Waals surface area contributed by atoms with E-state index in [0.29, 0.717) is 23.7 Å². The first-order valence-corrected chi connectivity index (χ1v) is 9.73. The number of hydrogen-bond donors (Lipinski definition) is 0. The molecule has 2 aliphatic heterocycles. The molecular formula is C20H24Cl2S2Zr. The Balaban J connectivity index is 0.000000411. The van der Waals surface area contributed by atoms with Gasteiger partial charge in [-0.1, -0.05) is 99.8 Å². The monoisotopic (exact) mass is 488 g/mol. The van der Waals surface area contributed by atoms with Crippen LogP contribution in [0.1, 0.15) is 27.7 Å². The fraction of sp³-hybridized carbons (Fsp3) is 0.400. The standard InChI is InChI=1S/2C10H12S.2ClH.Zr/c2*1-7(2)10-6-8-4-3-5-9(8)11-10;;;/h2*3-8H,1-2H3;2*1H;/q;;;;+2/p-2. The molecule has 4 rings (SSSR count). The molecule has 0 radical (unpaired) electrons. The minimum atomic E-state index is 0. The summed E-state index contributed by atoms with van der Waals surface area (Å²) < 4.78 is 0. The van der Waals surface area contributed by atoms with Crippen molar-refractivity contribution >= 4 is 23.5 Å². The summed E-state index contributed by atoms with van der Waals surface area (Å²) in [7, 11) is 0. The van der Waals surface area contributed by atoms with Gasteiger partial charge in [-0.25, -0.2) is 0 Å².